The van der Waals surface area contributed by atoms with Gasteiger partial charge in [-0.15, -0.1) is 0 Å². The molecule has 0 saturated carbocycles. The van der Waals surface area contributed by atoms with E-state index in [0.29, 0.717) is 15.9 Å². The van der Waals surface area contributed by atoms with Crippen molar-refractivity contribution in [2.24, 2.45) is 0 Å². The fourth-order valence-electron chi connectivity index (χ4n) is 1.49. The van der Waals surface area contributed by atoms with Gasteiger partial charge in [-0.25, -0.2) is 9.37 Å². The molecular weight excluding hydrogens is 299 g/mol. The van der Waals surface area contributed by atoms with Gasteiger partial charge in [0.2, 0.25) is 0 Å². The average molecular weight is 311 g/mol. The molecule has 1 heterocycles. The van der Waals surface area contributed by atoms with Gasteiger partial charge in [-0.05, 0) is 46.1 Å². The third-order valence-electron chi connectivity index (χ3n) is 2.46. The van der Waals surface area contributed by atoms with Gasteiger partial charge in [0.05, 0.1) is 5.69 Å². The van der Waals surface area contributed by atoms with E-state index < -0.39 is 5.82 Å². The molecule has 0 spiro atoms. The molecule has 94 valence electrons. The number of benzene rings is 1. The average Bonchev–Trinajstić information content (AvgIpc) is 2.34. The number of hydrogen-bond donors (Lipinski definition) is 1. The minimum atomic E-state index is -0.539. The van der Waals surface area contributed by atoms with Crippen LogP contribution in [-0.2, 0) is 6.42 Å². The highest BCUT2D eigenvalue weighted by molar-refractivity contribution is 9.10. The van der Waals surface area contributed by atoms with Crippen molar-refractivity contribution in [2.45, 2.75) is 13.3 Å². The van der Waals surface area contributed by atoms with Crippen LogP contribution < -0.4 is 10.5 Å². The number of rotatable bonds is 3. The first-order valence-electron chi connectivity index (χ1n) is 5.47. The van der Waals surface area contributed by atoms with E-state index in [4.69, 9.17) is 10.5 Å². The van der Waals surface area contributed by atoms with Gasteiger partial charge in [0.15, 0.2) is 11.6 Å². The third-order valence-corrected chi connectivity index (χ3v) is 2.90. The van der Waals surface area contributed by atoms with Gasteiger partial charge >= 0.3 is 0 Å². The zero-order valence-electron chi connectivity index (χ0n) is 9.78. The van der Waals surface area contributed by atoms with Crippen LogP contribution in [0.4, 0.5) is 10.1 Å². The Morgan fingerprint density at radius 3 is 2.78 bits per heavy atom. The van der Waals surface area contributed by atoms with E-state index >= 15 is 0 Å². The number of aromatic nitrogens is 1. The van der Waals surface area contributed by atoms with Crippen LogP contribution in [0.15, 0.2) is 34.9 Å². The number of nitrogens with zero attached hydrogens (tertiary/aromatic N) is 1. The minimum Gasteiger partial charge on any atom is -0.434 e. The Morgan fingerprint density at radius 1 is 1.39 bits per heavy atom. The van der Waals surface area contributed by atoms with Crippen LogP contribution in [0.25, 0.3) is 0 Å². The molecule has 0 amide bonds. The van der Waals surface area contributed by atoms with E-state index in [0.717, 1.165) is 12.0 Å². The van der Waals surface area contributed by atoms with Crippen LogP contribution in [0.1, 0.15) is 12.5 Å². The lowest BCUT2D eigenvalue weighted by Crippen LogP contribution is -1.97. The summed E-state index contributed by atoms with van der Waals surface area (Å²) in [4.78, 5) is 3.86. The van der Waals surface area contributed by atoms with Gasteiger partial charge < -0.3 is 10.5 Å². The van der Waals surface area contributed by atoms with Crippen molar-refractivity contribution >= 4 is 21.6 Å². The standard InChI is InChI=1S/C13H12BrFN2O/c1-2-8-3-4-12(11(16)5-8)18-13-10(15)6-9(14)7-17-13/h3-7H,2,16H2,1H3. The second kappa shape index (κ2) is 5.35. The summed E-state index contributed by atoms with van der Waals surface area (Å²) in [5, 5.41) is 0. The van der Waals surface area contributed by atoms with Crippen molar-refractivity contribution in [2.75, 3.05) is 5.73 Å². The fraction of sp³-hybridized carbons (Fsp3) is 0.154. The highest BCUT2D eigenvalue weighted by Gasteiger charge is 2.09. The van der Waals surface area contributed by atoms with Gasteiger partial charge in [-0.2, -0.15) is 0 Å². The third kappa shape index (κ3) is 2.79. The fourth-order valence-corrected chi connectivity index (χ4v) is 1.80. The van der Waals surface area contributed by atoms with Crippen molar-refractivity contribution in [3.05, 3.63) is 46.3 Å². The van der Waals surface area contributed by atoms with Gasteiger partial charge in [0.1, 0.15) is 0 Å². The van der Waals surface area contributed by atoms with E-state index in [1.165, 1.54) is 12.3 Å². The normalized spacial score (nSPS) is 10.4. The van der Waals surface area contributed by atoms with Gasteiger partial charge in [-0.3, -0.25) is 0 Å². The Balaban J connectivity index is 2.28. The maximum atomic E-state index is 13.6. The molecule has 0 fully saturated rings. The molecular formula is C13H12BrFN2O. The Kier molecular flexibility index (Phi) is 3.81. The van der Waals surface area contributed by atoms with Crippen LogP contribution in [0.5, 0.6) is 11.6 Å². The number of halogens is 2. The number of ether oxygens (including phenoxy) is 1. The molecule has 2 aromatic rings. The number of aryl methyl sites for hydroxylation is 1. The molecule has 0 atom stereocenters. The van der Waals surface area contributed by atoms with Crippen LogP contribution in [0.3, 0.4) is 0 Å². The second-order valence-electron chi connectivity index (χ2n) is 3.77. The minimum absolute atomic E-state index is 0.0888. The van der Waals surface area contributed by atoms with Crippen LogP contribution >= 0.6 is 15.9 Å². The zero-order chi connectivity index (χ0) is 13.1. The quantitative estimate of drug-likeness (QED) is 0.874. The first kappa shape index (κ1) is 12.8. The van der Waals surface area contributed by atoms with Crippen molar-refractivity contribution in [3.63, 3.8) is 0 Å². The summed E-state index contributed by atoms with van der Waals surface area (Å²) in [6.45, 7) is 2.03. The Hall–Kier alpha value is -1.62. The maximum absolute atomic E-state index is 13.6. The molecule has 1 aromatic carbocycles. The van der Waals surface area contributed by atoms with E-state index in [1.807, 2.05) is 19.1 Å². The molecule has 0 radical (unpaired) electrons. The summed E-state index contributed by atoms with van der Waals surface area (Å²) in [7, 11) is 0. The maximum Gasteiger partial charge on any atom is 0.256 e. The van der Waals surface area contributed by atoms with Gasteiger partial charge in [0, 0.05) is 10.7 Å². The molecule has 0 aliphatic carbocycles. The number of nitrogen functional groups attached to an aromatic ring is 1. The van der Waals surface area contributed by atoms with Crippen LogP contribution in [0.2, 0.25) is 0 Å². The molecule has 3 nitrogen and oxygen atoms in total. The molecule has 0 aliphatic rings. The predicted octanol–water partition coefficient (Wildman–Crippen LogP) is 3.92. The highest BCUT2D eigenvalue weighted by Crippen LogP contribution is 2.29. The summed E-state index contributed by atoms with van der Waals surface area (Å²) in [5.74, 6) is -0.224. The van der Waals surface area contributed by atoms with Crippen molar-refractivity contribution in [1.82, 2.24) is 4.98 Å². The highest BCUT2D eigenvalue weighted by atomic mass is 79.9. The summed E-state index contributed by atoms with van der Waals surface area (Å²) in [5.41, 5.74) is 7.41. The van der Waals surface area contributed by atoms with Gasteiger partial charge in [-0.1, -0.05) is 13.0 Å². The van der Waals surface area contributed by atoms with Crippen molar-refractivity contribution < 1.29 is 9.13 Å². The molecule has 2 rings (SSSR count). The predicted molar refractivity (Wildman–Crippen MR) is 72.2 cm³/mol. The lowest BCUT2D eigenvalue weighted by atomic mass is 10.1. The largest absolute Gasteiger partial charge is 0.434 e. The SMILES string of the molecule is CCc1ccc(Oc2ncc(Br)cc2F)c(N)c1. The molecule has 0 unspecified atom stereocenters. The van der Waals surface area contributed by atoms with Crippen molar-refractivity contribution in [3.8, 4) is 11.6 Å². The summed E-state index contributed by atoms with van der Waals surface area (Å²) < 4.78 is 19.5. The monoisotopic (exact) mass is 310 g/mol. The molecule has 0 bridgehead atoms. The lowest BCUT2D eigenvalue weighted by molar-refractivity contribution is 0.424. The Labute approximate surface area is 113 Å². The van der Waals surface area contributed by atoms with E-state index in [1.54, 1.807) is 6.07 Å². The lowest BCUT2D eigenvalue weighted by Gasteiger charge is -2.09. The summed E-state index contributed by atoms with van der Waals surface area (Å²) in [6, 6.07) is 6.71. The van der Waals surface area contributed by atoms with Crippen LogP contribution in [0, 0.1) is 5.82 Å². The van der Waals surface area contributed by atoms with Crippen molar-refractivity contribution in [1.29, 1.82) is 0 Å². The molecule has 0 aliphatic heterocycles. The molecule has 1 aromatic heterocycles. The smallest absolute Gasteiger partial charge is 0.256 e. The number of nitrogens with two attached hydrogens (primary N) is 1. The number of hydrogen-bond acceptors (Lipinski definition) is 3. The molecule has 5 heteroatoms. The molecule has 18 heavy (non-hydrogen) atoms. The Morgan fingerprint density at radius 2 is 2.17 bits per heavy atom. The molecule has 2 N–H and O–H groups in total. The Bertz CT molecular complexity index is 575. The molecule has 0 saturated heterocycles. The summed E-state index contributed by atoms with van der Waals surface area (Å²) >= 11 is 3.13. The van der Waals surface area contributed by atoms with E-state index in [2.05, 4.69) is 20.9 Å². The first-order chi connectivity index (χ1) is 8.60. The number of anilines is 1. The van der Waals surface area contributed by atoms with E-state index in [9.17, 15) is 4.39 Å². The first-order valence-corrected chi connectivity index (χ1v) is 6.26. The summed E-state index contributed by atoms with van der Waals surface area (Å²) in [6.07, 6.45) is 2.35. The van der Waals surface area contributed by atoms with Crippen LogP contribution in [-0.4, -0.2) is 4.98 Å². The zero-order valence-corrected chi connectivity index (χ0v) is 11.4. The van der Waals surface area contributed by atoms with E-state index in [-0.39, 0.29) is 5.88 Å². The number of pyridine rings is 1. The van der Waals surface area contributed by atoms with Gasteiger partial charge in [0.25, 0.3) is 5.88 Å². The topological polar surface area (TPSA) is 48.1 Å². The second-order valence-corrected chi connectivity index (χ2v) is 4.68.